The Labute approximate surface area is 219 Å². The van der Waals surface area contributed by atoms with Gasteiger partial charge < -0.3 is 18.9 Å². The molecule has 0 aliphatic heterocycles. The van der Waals surface area contributed by atoms with Crippen LogP contribution >= 0.6 is 27.3 Å². The van der Waals surface area contributed by atoms with Gasteiger partial charge in [-0.15, -0.1) is 0 Å². The standard InChI is InChI=1S/C27H23BrN2O5S/c1-32-23-16-18(17-24-26(31)30-22-10-6-5-9-21(22)29-27(30)36-24)15-20(28)25(23)35-14-12-33-11-13-34-19-7-3-2-4-8-19/h2-10,15-17H,11-14H2,1H3/b24-17-. The predicted octanol–water partition coefficient (Wildman–Crippen LogP) is 4.70. The van der Waals surface area contributed by atoms with Gasteiger partial charge >= 0.3 is 0 Å². The Kier molecular flexibility index (Phi) is 7.50. The van der Waals surface area contributed by atoms with E-state index < -0.39 is 0 Å². The molecule has 0 saturated carbocycles. The molecule has 0 fully saturated rings. The number of rotatable bonds is 10. The van der Waals surface area contributed by atoms with Gasteiger partial charge in [-0.2, -0.15) is 0 Å². The Hall–Kier alpha value is -3.40. The summed E-state index contributed by atoms with van der Waals surface area (Å²) in [5, 5.41) is 0. The minimum absolute atomic E-state index is 0.0903. The smallest absolute Gasteiger partial charge is 0.274 e. The third kappa shape index (κ3) is 5.23. The van der Waals surface area contributed by atoms with E-state index in [0.29, 0.717) is 47.4 Å². The zero-order chi connectivity index (χ0) is 24.9. The highest BCUT2D eigenvalue weighted by atomic mass is 79.9. The van der Waals surface area contributed by atoms with E-state index in [1.807, 2.05) is 72.8 Å². The Bertz CT molecular complexity index is 1600. The number of ether oxygens (including phenoxy) is 4. The van der Waals surface area contributed by atoms with Crippen LogP contribution in [0.1, 0.15) is 5.56 Å². The molecule has 3 aromatic carbocycles. The van der Waals surface area contributed by atoms with E-state index in [0.717, 1.165) is 26.8 Å². The van der Waals surface area contributed by atoms with Crippen molar-refractivity contribution in [2.45, 2.75) is 0 Å². The van der Waals surface area contributed by atoms with Crippen LogP contribution in [0.25, 0.3) is 22.1 Å². The molecule has 2 aromatic heterocycles. The lowest BCUT2D eigenvalue weighted by atomic mass is 10.2. The number of benzene rings is 3. The van der Waals surface area contributed by atoms with Gasteiger partial charge in [0.1, 0.15) is 19.0 Å². The molecule has 0 unspecified atom stereocenters. The zero-order valence-electron chi connectivity index (χ0n) is 19.5. The first-order valence-electron chi connectivity index (χ1n) is 11.3. The maximum atomic E-state index is 13.1. The molecular weight excluding hydrogens is 544 g/mol. The van der Waals surface area contributed by atoms with Crippen molar-refractivity contribution in [3.05, 3.63) is 91.7 Å². The van der Waals surface area contributed by atoms with Gasteiger partial charge in [0.15, 0.2) is 16.5 Å². The summed E-state index contributed by atoms with van der Waals surface area (Å²) in [7, 11) is 1.58. The van der Waals surface area contributed by atoms with Crippen molar-refractivity contribution in [2.24, 2.45) is 0 Å². The number of hydrogen-bond donors (Lipinski definition) is 0. The second-order valence-corrected chi connectivity index (χ2v) is 9.65. The van der Waals surface area contributed by atoms with Gasteiger partial charge in [0, 0.05) is 0 Å². The third-order valence-electron chi connectivity index (χ3n) is 5.41. The molecule has 7 nitrogen and oxygen atoms in total. The van der Waals surface area contributed by atoms with Gasteiger partial charge in [0.2, 0.25) is 0 Å². The second-order valence-electron chi connectivity index (χ2n) is 7.79. The molecule has 0 radical (unpaired) electrons. The number of halogens is 1. The lowest BCUT2D eigenvalue weighted by Crippen LogP contribution is -2.22. The molecule has 0 bridgehead atoms. The normalized spacial score (nSPS) is 11.9. The number of hydrogen-bond acceptors (Lipinski definition) is 7. The third-order valence-corrected chi connectivity index (χ3v) is 6.97. The van der Waals surface area contributed by atoms with E-state index in [9.17, 15) is 4.79 Å². The molecule has 0 saturated heterocycles. The van der Waals surface area contributed by atoms with Crippen molar-refractivity contribution in [1.82, 2.24) is 9.38 Å². The number of imidazole rings is 1. The highest BCUT2D eigenvalue weighted by molar-refractivity contribution is 9.10. The summed E-state index contributed by atoms with van der Waals surface area (Å²) in [5.41, 5.74) is 2.34. The van der Waals surface area contributed by atoms with Crippen LogP contribution in [-0.4, -0.2) is 42.9 Å². The summed E-state index contributed by atoms with van der Waals surface area (Å²) in [6, 6.07) is 21.0. The van der Waals surface area contributed by atoms with Crippen LogP contribution in [0.15, 0.2) is 76.0 Å². The number of nitrogens with zero attached hydrogens (tertiary/aromatic N) is 2. The van der Waals surface area contributed by atoms with Crippen LogP contribution in [0.5, 0.6) is 17.2 Å². The molecule has 9 heteroatoms. The average Bonchev–Trinajstić information content (AvgIpc) is 3.40. The molecular formula is C27H23BrN2O5S. The van der Waals surface area contributed by atoms with Gasteiger partial charge in [0.25, 0.3) is 5.56 Å². The lowest BCUT2D eigenvalue weighted by Gasteiger charge is -2.14. The van der Waals surface area contributed by atoms with E-state index in [1.165, 1.54) is 11.3 Å². The minimum Gasteiger partial charge on any atom is -0.493 e. The first kappa shape index (κ1) is 24.3. The van der Waals surface area contributed by atoms with Crippen LogP contribution in [0.3, 0.4) is 0 Å². The zero-order valence-corrected chi connectivity index (χ0v) is 21.9. The highest BCUT2D eigenvalue weighted by Crippen LogP contribution is 2.37. The van der Waals surface area contributed by atoms with E-state index in [2.05, 4.69) is 20.9 Å². The lowest BCUT2D eigenvalue weighted by molar-refractivity contribution is 0.0755. The van der Waals surface area contributed by atoms with Crippen LogP contribution in [0, 0.1) is 0 Å². The van der Waals surface area contributed by atoms with E-state index in [-0.39, 0.29) is 5.56 Å². The number of thiazole rings is 1. The Morgan fingerprint density at radius 1 is 0.972 bits per heavy atom. The Morgan fingerprint density at radius 3 is 2.53 bits per heavy atom. The van der Waals surface area contributed by atoms with Crippen molar-refractivity contribution in [1.29, 1.82) is 0 Å². The number of aromatic nitrogens is 2. The fourth-order valence-electron chi connectivity index (χ4n) is 3.77. The van der Waals surface area contributed by atoms with E-state index >= 15 is 0 Å². The van der Waals surface area contributed by atoms with E-state index in [4.69, 9.17) is 18.9 Å². The Morgan fingerprint density at radius 2 is 1.72 bits per heavy atom. The fourth-order valence-corrected chi connectivity index (χ4v) is 5.33. The summed E-state index contributed by atoms with van der Waals surface area (Å²) < 4.78 is 25.6. The van der Waals surface area contributed by atoms with E-state index in [1.54, 1.807) is 11.5 Å². The summed E-state index contributed by atoms with van der Waals surface area (Å²) in [4.78, 5) is 18.3. The highest BCUT2D eigenvalue weighted by Gasteiger charge is 2.13. The van der Waals surface area contributed by atoms with Crippen LogP contribution in [-0.2, 0) is 4.74 Å². The molecule has 5 rings (SSSR count). The first-order valence-corrected chi connectivity index (χ1v) is 12.9. The predicted molar refractivity (Wildman–Crippen MR) is 145 cm³/mol. The molecule has 184 valence electrons. The molecule has 0 aliphatic carbocycles. The molecule has 2 heterocycles. The number of fused-ring (bicyclic) bond motifs is 3. The maximum absolute atomic E-state index is 13.1. The fraction of sp³-hybridized carbons (Fsp3) is 0.185. The van der Waals surface area contributed by atoms with Gasteiger partial charge in [-0.25, -0.2) is 9.38 Å². The monoisotopic (exact) mass is 566 g/mol. The van der Waals surface area contributed by atoms with Gasteiger partial charge in [-0.1, -0.05) is 41.7 Å². The van der Waals surface area contributed by atoms with Gasteiger partial charge in [-0.3, -0.25) is 4.79 Å². The minimum atomic E-state index is -0.0903. The summed E-state index contributed by atoms with van der Waals surface area (Å²) in [5.74, 6) is 1.95. The van der Waals surface area contributed by atoms with Crippen molar-refractivity contribution in [3.63, 3.8) is 0 Å². The molecule has 5 aromatic rings. The maximum Gasteiger partial charge on any atom is 0.274 e. The molecule has 36 heavy (non-hydrogen) atoms. The first-order chi connectivity index (χ1) is 17.6. The van der Waals surface area contributed by atoms with Crippen molar-refractivity contribution >= 4 is 49.3 Å². The molecule has 0 spiro atoms. The van der Waals surface area contributed by atoms with Crippen LogP contribution < -0.4 is 24.3 Å². The van der Waals surface area contributed by atoms with Crippen molar-refractivity contribution in [3.8, 4) is 17.2 Å². The number of methoxy groups -OCH3 is 1. The molecule has 0 aliphatic rings. The van der Waals surface area contributed by atoms with Crippen molar-refractivity contribution < 1.29 is 18.9 Å². The second kappa shape index (κ2) is 11.1. The summed E-state index contributed by atoms with van der Waals surface area (Å²) in [6.07, 6.45) is 1.84. The number of para-hydroxylation sites is 3. The quantitative estimate of drug-likeness (QED) is 0.228. The van der Waals surface area contributed by atoms with Gasteiger partial charge in [-0.05, 0) is 64.0 Å². The molecule has 0 atom stereocenters. The van der Waals surface area contributed by atoms with Crippen molar-refractivity contribution in [2.75, 3.05) is 33.5 Å². The average molecular weight is 567 g/mol. The summed E-state index contributed by atoms with van der Waals surface area (Å²) >= 11 is 4.93. The SMILES string of the molecule is COc1cc(/C=c2\sc3nc4ccccc4n3c2=O)cc(Br)c1OCCOCCOc1ccccc1. The molecule has 0 N–H and O–H groups in total. The molecule has 0 amide bonds. The largest absolute Gasteiger partial charge is 0.493 e. The van der Waals surface area contributed by atoms with Gasteiger partial charge in [0.05, 0.1) is 40.4 Å². The Balaban J connectivity index is 1.24. The van der Waals surface area contributed by atoms with Crippen LogP contribution in [0.2, 0.25) is 0 Å². The topological polar surface area (TPSA) is 71.3 Å². The van der Waals surface area contributed by atoms with Crippen LogP contribution in [0.4, 0.5) is 0 Å². The summed E-state index contributed by atoms with van der Waals surface area (Å²) in [6.45, 7) is 1.68.